The maximum absolute atomic E-state index is 11.4. The first-order valence-corrected chi connectivity index (χ1v) is 8.55. The minimum absolute atomic E-state index is 0.0851. The van der Waals surface area contributed by atoms with E-state index >= 15 is 0 Å². The average molecular weight is 298 g/mol. The Hall–Kier alpha value is -0.850. The van der Waals surface area contributed by atoms with E-state index in [1.54, 1.807) is 22.7 Å². The summed E-state index contributed by atoms with van der Waals surface area (Å²) in [7, 11) is 0. The number of thiophene rings is 1. The van der Waals surface area contributed by atoms with Gasteiger partial charge in [-0.3, -0.25) is 4.79 Å². The average Bonchev–Trinajstić information content (AvgIpc) is 2.95. The van der Waals surface area contributed by atoms with Crippen LogP contribution in [-0.2, 0) is 11.3 Å². The van der Waals surface area contributed by atoms with Gasteiger partial charge in [-0.2, -0.15) is 11.8 Å². The molecule has 18 heavy (non-hydrogen) atoms. The third kappa shape index (κ3) is 3.57. The largest absolute Gasteiger partial charge is 0.350 e. The third-order valence-corrected chi connectivity index (χ3v) is 4.70. The first kappa shape index (κ1) is 13.6. The lowest BCUT2D eigenvalue weighted by molar-refractivity contribution is -0.118. The molecule has 1 amide bonds. The number of rotatable bonds is 5. The van der Waals surface area contributed by atoms with Crippen LogP contribution >= 0.6 is 34.4 Å². The second-order valence-electron chi connectivity index (χ2n) is 3.73. The number of carbonyl (C=O) groups excluding carboxylic acids is 1. The predicted octanol–water partition coefficient (Wildman–Crippen LogP) is 3.16. The second-order valence-corrected chi connectivity index (χ2v) is 6.82. The molecule has 2 aromatic rings. The maximum atomic E-state index is 11.4. The molecule has 0 fully saturated rings. The quantitative estimate of drug-likeness (QED) is 0.922. The van der Waals surface area contributed by atoms with Crippen LogP contribution in [0.5, 0.6) is 0 Å². The van der Waals surface area contributed by atoms with Gasteiger partial charge in [-0.1, -0.05) is 0 Å². The second kappa shape index (κ2) is 6.36. The lowest BCUT2D eigenvalue weighted by atomic mass is 10.3. The van der Waals surface area contributed by atoms with Gasteiger partial charge in [0, 0.05) is 10.3 Å². The van der Waals surface area contributed by atoms with Gasteiger partial charge in [0.2, 0.25) is 5.91 Å². The van der Waals surface area contributed by atoms with Crippen molar-refractivity contribution in [2.24, 2.45) is 0 Å². The Balaban J connectivity index is 1.96. The highest BCUT2D eigenvalue weighted by Crippen LogP contribution is 2.28. The molecule has 0 radical (unpaired) electrons. The number of hydrogen-bond acceptors (Lipinski definition) is 5. The zero-order valence-electron chi connectivity index (χ0n) is 10.2. The van der Waals surface area contributed by atoms with Crippen LogP contribution < -0.4 is 5.32 Å². The first-order chi connectivity index (χ1) is 8.69. The van der Waals surface area contributed by atoms with Crippen LogP contribution in [0.15, 0.2) is 17.5 Å². The van der Waals surface area contributed by atoms with E-state index in [0.29, 0.717) is 12.3 Å². The molecule has 2 heterocycles. The topological polar surface area (TPSA) is 42.0 Å². The van der Waals surface area contributed by atoms with Crippen LogP contribution in [0.25, 0.3) is 10.6 Å². The van der Waals surface area contributed by atoms with Crippen LogP contribution in [0, 0.1) is 6.92 Å². The fourth-order valence-electron chi connectivity index (χ4n) is 1.46. The number of carbonyl (C=O) groups is 1. The van der Waals surface area contributed by atoms with Gasteiger partial charge in [-0.25, -0.2) is 4.98 Å². The number of amides is 1. The number of aryl methyl sites for hydroxylation is 1. The summed E-state index contributed by atoms with van der Waals surface area (Å²) in [4.78, 5) is 18.1. The zero-order valence-corrected chi connectivity index (χ0v) is 12.7. The summed E-state index contributed by atoms with van der Waals surface area (Å²) in [5, 5.41) is 6.05. The number of nitrogens with one attached hydrogen (secondary N) is 1. The number of thioether (sulfide) groups is 1. The highest BCUT2D eigenvalue weighted by atomic mass is 32.2. The van der Waals surface area contributed by atoms with Crippen LogP contribution in [-0.4, -0.2) is 22.9 Å². The number of thiazole rings is 1. The van der Waals surface area contributed by atoms with Crippen molar-refractivity contribution in [2.45, 2.75) is 13.5 Å². The molecule has 0 bridgehead atoms. The molecular weight excluding hydrogens is 284 g/mol. The molecule has 0 atom stereocenters. The summed E-state index contributed by atoms with van der Waals surface area (Å²) < 4.78 is 0. The summed E-state index contributed by atoms with van der Waals surface area (Å²) in [6.07, 6.45) is 1.92. The molecule has 0 saturated carbocycles. The van der Waals surface area contributed by atoms with Crippen molar-refractivity contribution >= 4 is 40.3 Å². The van der Waals surface area contributed by atoms with E-state index < -0.39 is 0 Å². The lowest BCUT2D eigenvalue weighted by Crippen LogP contribution is -2.23. The molecule has 0 aliphatic rings. The molecule has 0 spiro atoms. The Morgan fingerprint density at radius 1 is 1.50 bits per heavy atom. The highest BCUT2D eigenvalue weighted by Gasteiger charge is 2.07. The Bertz CT molecular complexity index is 533. The van der Waals surface area contributed by atoms with E-state index in [1.807, 2.05) is 19.2 Å². The number of hydrogen-bond donors (Lipinski definition) is 1. The molecule has 0 aliphatic carbocycles. The molecule has 0 aliphatic heterocycles. The predicted molar refractivity (Wildman–Crippen MR) is 80.4 cm³/mol. The molecule has 6 heteroatoms. The van der Waals surface area contributed by atoms with E-state index in [-0.39, 0.29) is 5.91 Å². The minimum Gasteiger partial charge on any atom is -0.350 e. The Labute approximate surface area is 119 Å². The van der Waals surface area contributed by atoms with Crippen molar-refractivity contribution in [3.8, 4) is 10.6 Å². The van der Waals surface area contributed by atoms with Crippen molar-refractivity contribution in [3.05, 3.63) is 27.4 Å². The van der Waals surface area contributed by atoms with Gasteiger partial charge in [0.25, 0.3) is 0 Å². The molecule has 0 saturated heterocycles. The molecule has 1 N–H and O–H groups in total. The van der Waals surface area contributed by atoms with Gasteiger partial charge >= 0.3 is 0 Å². The molecular formula is C12H14N2OS3. The van der Waals surface area contributed by atoms with Gasteiger partial charge in [0.1, 0.15) is 0 Å². The van der Waals surface area contributed by atoms with Gasteiger partial charge in [-0.15, -0.1) is 22.7 Å². The molecule has 2 aromatic heterocycles. The summed E-state index contributed by atoms with van der Waals surface area (Å²) in [5.41, 5.74) is 1.03. The summed E-state index contributed by atoms with van der Waals surface area (Å²) in [6.45, 7) is 2.61. The summed E-state index contributed by atoms with van der Waals surface area (Å²) in [6, 6.07) is 4.11. The van der Waals surface area contributed by atoms with Crippen molar-refractivity contribution in [1.82, 2.24) is 10.3 Å². The normalized spacial score (nSPS) is 10.6. The molecule has 3 nitrogen and oxygen atoms in total. The van der Waals surface area contributed by atoms with Gasteiger partial charge in [-0.05, 0) is 25.3 Å². The number of nitrogens with zero attached hydrogens (tertiary/aromatic N) is 1. The monoisotopic (exact) mass is 298 g/mol. The highest BCUT2D eigenvalue weighted by molar-refractivity contribution is 7.99. The summed E-state index contributed by atoms with van der Waals surface area (Å²) in [5.74, 6) is 0.603. The Morgan fingerprint density at radius 3 is 3.00 bits per heavy atom. The minimum atomic E-state index is 0.0851. The van der Waals surface area contributed by atoms with Crippen molar-refractivity contribution in [1.29, 1.82) is 0 Å². The number of aromatic nitrogens is 1. The van der Waals surface area contributed by atoms with Crippen molar-refractivity contribution < 1.29 is 4.79 Å². The Kier molecular flexibility index (Phi) is 4.79. The van der Waals surface area contributed by atoms with Crippen LogP contribution in [0.2, 0.25) is 0 Å². The fourth-order valence-corrected chi connectivity index (χ4v) is 3.41. The summed E-state index contributed by atoms with van der Waals surface area (Å²) >= 11 is 4.87. The molecule has 0 unspecified atom stereocenters. The molecule has 96 valence electrons. The zero-order chi connectivity index (χ0) is 13.0. The fraction of sp³-hybridized carbons (Fsp3) is 0.333. The van der Waals surface area contributed by atoms with Gasteiger partial charge in [0.05, 0.1) is 27.9 Å². The van der Waals surface area contributed by atoms with E-state index in [9.17, 15) is 4.79 Å². The SMILES string of the molecule is CSCC(=O)NCc1ccc(-c2csc(C)n2)s1. The Morgan fingerprint density at radius 2 is 2.33 bits per heavy atom. The van der Waals surface area contributed by atoms with Crippen LogP contribution in [0.3, 0.4) is 0 Å². The van der Waals surface area contributed by atoms with Gasteiger partial charge < -0.3 is 5.32 Å². The lowest BCUT2D eigenvalue weighted by Gasteiger charge is -2.00. The van der Waals surface area contributed by atoms with Crippen molar-refractivity contribution in [2.75, 3.05) is 12.0 Å². The first-order valence-electron chi connectivity index (χ1n) is 5.46. The van der Waals surface area contributed by atoms with Crippen molar-refractivity contribution in [3.63, 3.8) is 0 Å². The van der Waals surface area contributed by atoms with E-state index in [2.05, 4.69) is 21.7 Å². The molecule has 0 aromatic carbocycles. The van der Waals surface area contributed by atoms with Gasteiger partial charge in [0.15, 0.2) is 0 Å². The maximum Gasteiger partial charge on any atom is 0.230 e. The van der Waals surface area contributed by atoms with E-state index in [1.165, 1.54) is 11.8 Å². The third-order valence-electron chi connectivity index (χ3n) is 2.27. The standard InChI is InChI=1S/C12H14N2OS3/c1-8-14-10(6-17-8)11-4-3-9(18-11)5-13-12(15)7-16-2/h3-4,6H,5,7H2,1-2H3,(H,13,15). The van der Waals surface area contributed by atoms with Crippen LogP contribution in [0.1, 0.15) is 9.88 Å². The van der Waals surface area contributed by atoms with Crippen LogP contribution in [0.4, 0.5) is 0 Å². The smallest absolute Gasteiger partial charge is 0.230 e. The van der Waals surface area contributed by atoms with E-state index in [4.69, 9.17) is 0 Å². The molecule has 2 rings (SSSR count). The van der Waals surface area contributed by atoms with E-state index in [0.717, 1.165) is 20.5 Å².